The molecule has 3 amide bonds. The van der Waals surface area contributed by atoms with Gasteiger partial charge in [-0.25, -0.2) is 26.7 Å². The van der Waals surface area contributed by atoms with Gasteiger partial charge in [0, 0.05) is 29.3 Å². The zero-order chi connectivity index (χ0) is 28.3. The summed E-state index contributed by atoms with van der Waals surface area (Å²) < 4.78 is 72.8. The molecule has 1 heterocycles. The van der Waals surface area contributed by atoms with E-state index in [2.05, 4.69) is 17.8 Å². The summed E-state index contributed by atoms with van der Waals surface area (Å²) in [4.78, 5) is 28.8. The van der Waals surface area contributed by atoms with Crippen LogP contribution in [0.1, 0.15) is 5.56 Å². The maximum Gasteiger partial charge on any atom is 0.338 e. The lowest BCUT2D eigenvalue weighted by molar-refractivity contribution is -0.119. The number of thiol groups is 1. The summed E-state index contributed by atoms with van der Waals surface area (Å²) in [6.45, 7) is 0. The third-order valence-electron chi connectivity index (χ3n) is 5.50. The molecule has 0 aliphatic carbocycles. The number of nitrogens with zero attached hydrogens (tertiary/aromatic N) is 2. The first-order valence-corrected chi connectivity index (χ1v) is 11.5. The molecule has 4 rings (SSSR count). The number of carbonyl (C=O) groups excluding carboxylic acids is 2. The Hall–Kier alpha value is -4.52. The van der Waals surface area contributed by atoms with Gasteiger partial charge in [-0.15, -0.1) is 0 Å². The minimum absolute atomic E-state index is 0.0948. The van der Waals surface area contributed by atoms with Gasteiger partial charge in [0.2, 0.25) is 5.91 Å². The van der Waals surface area contributed by atoms with Crippen LogP contribution in [-0.4, -0.2) is 31.1 Å². The number of carbonyl (C=O) groups is 2. The van der Waals surface area contributed by atoms with Gasteiger partial charge in [0.15, 0.2) is 34.7 Å². The van der Waals surface area contributed by atoms with Crippen LogP contribution in [0, 0.1) is 23.3 Å². The van der Waals surface area contributed by atoms with Gasteiger partial charge >= 0.3 is 6.03 Å². The second kappa shape index (κ2) is 11.5. The van der Waals surface area contributed by atoms with E-state index in [1.165, 1.54) is 38.6 Å². The fraction of sp³-hybridized carbons (Fsp3) is 0.115. The number of imide groups is 1. The SMILES string of the molecule is COc1cc2nccc(Oc3ccc(N(S)C(=O)NC(=O)Cc4c(F)ccc(F)c4F)cc3F)c2cc1OC. The lowest BCUT2D eigenvalue weighted by Crippen LogP contribution is -2.39. The molecule has 0 saturated heterocycles. The molecule has 202 valence electrons. The average molecular weight is 562 g/mol. The molecular weight excluding hydrogens is 542 g/mol. The number of pyridine rings is 1. The molecule has 8 nitrogen and oxygen atoms in total. The van der Waals surface area contributed by atoms with E-state index in [4.69, 9.17) is 14.2 Å². The topological polar surface area (TPSA) is 90.0 Å². The highest BCUT2D eigenvalue weighted by molar-refractivity contribution is 7.82. The van der Waals surface area contributed by atoms with Crippen LogP contribution in [0.25, 0.3) is 10.9 Å². The van der Waals surface area contributed by atoms with Crippen molar-refractivity contribution in [2.24, 2.45) is 0 Å². The quantitative estimate of drug-likeness (QED) is 0.170. The number of halogens is 4. The van der Waals surface area contributed by atoms with Crippen LogP contribution in [0.3, 0.4) is 0 Å². The normalized spacial score (nSPS) is 10.7. The fourth-order valence-corrected chi connectivity index (χ4v) is 3.76. The van der Waals surface area contributed by atoms with Gasteiger partial charge in [0.05, 0.1) is 31.8 Å². The Morgan fingerprint density at radius 3 is 2.26 bits per heavy atom. The number of benzene rings is 3. The van der Waals surface area contributed by atoms with Crippen LogP contribution in [0.4, 0.5) is 28.0 Å². The highest BCUT2D eigenvalue weighted by atomic mass is 32.1. The number of urea groups is 1. The Morgan fingerprint density at radius 1 is 0.872 bits per heavy atom. The molecular formula is C26H19F4N3O5S. The molecule has 0 aliphatic heterocycles. The molecule has 0 unspecified atom stereocenters. The molecule has 4 aromatic rings. The number of fused-ring (bicyclic) bond motifs is 1. The van der Waals surface area contributed by atoms with Gasteiger partial charge in [-0.1, -0.05) is 12.8 Å². The van der Waals surface area contributed by atoms with Crippen LogP contribution in [0.5, 0.6) is 23.0 Å². The van der Waals surface area contributed by atoms with Crippen molar-refractivity contribution < 1.29 is 41.4 Å². The van der Waals surface area contributed by atoms with E-state index in [0.29, 0.717) is 38.8 Å². The van der Waals surface area contributed by atoms with Crippen molar-refractivity contribution in [2.45, 2.75) is 6.42 Å². The van der Waals surface area contributed by atoms with Crippen molar-refractivity contribution in [3.63, 3.8) is 0 Å². The highest BCUT2D eigenvalue weighted by Crippen LogP contribution is 2.37. The third-order valence-corrected chi connectivity index (χ3v) is 5.91. The molecule has 0 radical (unpaired) electrons. The first-order chi connectivity index (χ1) is 18.6. The maximum atomic E-state index is 14.9. The monoisotopic (exact) mass is 561 g/mol. The number of aromatic nitrogens is 1. The number of methoxy groups -OCH3 is 2. The summed E-state index contributed by atoms with van der Waals surface area (Å²) in [5.74, 6) is -5.15. The number of nitrogens with one attached hydrogen (secondary N) is 1. The van der Waals surface area contributed by atoms with Gasteiger partial charge in [-0.05, 0) is 36.4 Å². The molecule has 0 fully saturated rings. The van der Waals surface area contributed by atoms with Crippen molar-refractivity contribution in [2.75, 3.05) is 18.5 Å². The highest BCUT2D eigenvalue weighted by Gasteiger charge is 2.21. The Morgan fingerprint density at radius 2 is 1.56 bits per heavy atom. The molecule has 0 aliphatic rings. The van der Waals surface area contributed by atoms with Crippen molar-refractivity contribution in [3.05, 3.63) is 83.6 Å². The number of hydrogen-bond acceptors (Lipinski definition) is 7. The van der Waals surface area contributed by atoms with Gasteiger partial charge in [0.25, 0.3) is 0 Å². The van der Waals surface area contributed by atoms with Crippen LogP contribution >= 0.6 is 12.8 Å². The number of rotatable bonds is 7. The summed E-state index contributed by atoms with van der Waals surface area (Å²) in [6, 6.07) is 8.30. The van der Waals surface area contributed by atoms with Crippen LogP contribution in [0.15, 0.2) is 54.7 Å². The Balaban J connectivity index is 1.49. The van der Waals surface area contributed by atoms with E-state index in [-0.39, 0.29) is 17.2 Å². The Bertz CT molecular complexity index is 1590. The molecule has 0 saturated carbocycles. The van der Waals surface area contributed by atoms with Crippen molar-refractivity contribution >= 4 is 41.3 Å². The number of anilines is 1. The van der Waals surface area contributed by atoms with Gasteiger partial charge < -0.3 is 14.2 Å². The maximum absolute atomic E-state index is 14.9. The summed E-state index contributed by atoms with van der Waals surface area (Å²) in [5, 5.41) is 2.36. The van der Waals surface area contributed by atoms with E-state index in [0.717, 1.165) is 6.07 Å². The van der Waals surface area contributed by atoms with E-state index in [1.807, 2.05) is 5.32 Å². The molecule has 1 N–H and O–H groups in total. The van der Waals surface area contributed by atoms with E-state index in [1.54, 1.807) is 12.1 Å². The Kier molecular flexibility index (Phi) is 8.10. The average Bonchev–Trinajstić information content (AvgIpc) is 2.93. The lowest BCUT2D eigenvalue weighted by Gasteiger charge is -2.17. The van der Waals surface area contributed by atoms with Gasteiger partial charge in [0.1, 0.15) is 11.6 Å². The van der Waals surface area contributed by atoms with Crippen LogP contribution in [-0.2, 0) is 11.2 Å². The van der Waals surface area contributed by atoms with Crippen LogP contribution < -0.4 is 23.8 Å². The smallest absolute Gasteiger partial charge is 0.338 e. The standard InChI is InChI=1S/C26H19F4N3O5S/c1-36-22-10-15-19(12-23(22)37-2)31-8-7-20(15)38-21-6-3-13(9-18(21)29)33(39)26(35)32-24(34)11-14-16(27)4-5-17(28)25(14)30/h3-10,12,39H,11H2,1-2H3,(H,32,34,35). The molecule has 0 atom stereocenters. The first-order valence-electron chi connectivity index (χ1n) is 11.1. The molecule has 1 aromatic heterocycles. The van der Waals surface area contributed by atoms with Crippen LogP contribution in [0.2, 0.25) is 0 Å². The van der Waals surface area contributed by atoms with Gasteiger partial charge in [-0.3, -0.25) is 15.1 Å². The zero-order valence-electron chi connectivity index (χ0n) is 20.3. The number of ether oxygens (including phenoxy) is 3. The molecule has 39 heavy (non-hydrogen) atoms. The third kappa shape index (κ3) is 5.82. The molecule has 0 bridgehead atoms. The first kappa shape index (κ1) is 27.5. The summed E-state index contributed by atoms with van der Waals surface area (Å²) in [5.41, 5.74) is -0.441. The second-order valence-corrected chi connectivity index (χ2v) is 8.31. The molecule has 0 spiro atoms. The fourth-order valence-electron chi connectivity index (χ4n) is 3.58. The second-order valence-electron chi connectivity index (χ2n) is 7.91. The summed E-state index contributed by atoms with van der Waals surface area (Å²) >= 11 is 3.96. The zero-order valence-corrected chi connectivity index (χ0v) is 21.2. The van der Waals surface area contributed by atoms with Gasteiger partial charge in [-0.2, -0.15) is 0 Å². The summed E-state index contributed by atoms with van der Waals surface area (Å²) in [7, 11) is 2.94. The van der Waals surface area contributed by atoms with Crippen molar-refractivity contribution in [1.82, 2.24) is 10.3 Å². The number of amides is 3. The molecule has 3 aromatic carbocycles. The Labute approximate surface area is 224 Å². The predicted molar refractivity (Wildman–Crippen MR) is 136 cm³/mol. The summed E-state index contributed by atoms with van der Waals surface area (Å²) in [6.07, 6.45) is 0.509. The largest absolute Gasteiger partial charge is 0.493 e. The van der Waals surface area contributed by atoms with E-state index >= 15 is 0 Å². The van der Waals surface area contributed by atoms with Crippen molar-refractivity contribution in [1.29, 1.82) is 0 Å². The molecule has 13 heteroatoms. The number of hydrogen-bond donors (Lipinski definition) is 2. The van der Waals surface area contributed by atoms with Crippen molar-refractivity contribution in [3.8, 4) is 23.0 Å². The minimum atomic E-state index is -1.54. The van der Waals surface area contributed by atoms with E-state index < -0.39 is 47.2 Å². The lowest BCUT2D eigenvalue weighted by atomic mass is 10.1. The van der Waals surface area contributed by atoms with E-state index in [9.17, 15) is 27.2 Å². The minimum Gasteiger partial charge on any atom is -0.493 e. The predicted octanol–water partition coefficient (Wildman–Crippen LogP) is 5.73.